The number of rotatable bonds is 5. The van der Waals surface area contributed by atoms with E-state index in [1.165, 1.54) is 11.3 Å². The molecule has 0 saturated carbocycles. The maximum atomic E-state index is 6.35. The largest absolute Gasteiger partial charge is 0.496 e. The van der Waals surface area contributed by atoms with E-state index in [4.69, 9.17) is 16.3 Å². The van der Waals surface area contributed by atoms with Gasteiger partial charge in [-0.05, 0) is 48.9 Å². The minimum atomic E-state index is 0.125. The van der Waals surface area contributed by atoms with Crippen molar-refractivity contribution in [1.82, 2.24) is 10.2 Å². The van der Waals surface area contributed by atoms with Crippen LogP contribution in [0.3, 0.4) is 0 Å². The van der Waals surface area contributed by atoms with Crippen molar-refractivity contribution in [1.29, 1.82) is 0 Å². The number of halogens is 1. The van der Waals surface area contributed by atoms with Gasteiger partial charge in [0.15, 0.2) is 0 Å². The minimum absolute atomic E-state index is 0.125. The average Bonchev–Trinajstić information content (AvgIpc) is 2.92. The van der Waals surface area contributed by atoms with Gasteiger partial charge in [0.05, 0.1) is 13.2 Å². The van der Waals surface area contributed by atoms with Crippen molar-refractivity contribution in [3.05, 3.63) is 58.6 Å². The number of benzene rings is 2. The van der Waals surface area contributed by atoms with E-state index in [1.807, 2.05) is 18.2 Å². The van der Waals surface area contributed by atoms with E-state index < -0.39 is 0 Å². The van der Waals surface area contributed by atoms with Crippen molar-refractivity contribution in [2.45, 2.75) is 12.5 Å². The van der Waals surface area contributed by atoms with Crippen LogP contribution in [0.2, 0.25) is 5.02 Å². The van der Waals surface area contributed by atoms with Gasteiger partial charge in [-0.3, -0.25) is 4.90 Å². The number of ether oxygens (including phenoxy) is 1. The SMILES string of the molecule is COc1ccc(Cl)cc1C(c1ccc(N(C)C)cc1)N1CCCNCC1. The quantitative estimate of drug-likeness (QED) is 0.862. The third-order valence-electron chi connectivity index (χ3n) is 4.95. The Morgan fingerprint density at radius 3 is 2.54 bits per heavy atom. The molecule has 0 radical (unpaired) electrons. The molecule has 1 unspecified atom stereocenters. The van der Waals surface area contributed by atoms with Gasteiger partial charge in [-0.2, -0.15) is 0 Å². The fourth-order valence-corrected chi connectivity index (χ4v) is 3.77. The minimum Gasteiger partial charge on any atom is -0.496 e. The zero-order valence-electron chi connectivity index (χ0n) is 15.8. The Kier molecular flexibility index (Phi) is 6.41. The fraction of sp³-hybridized carbons (Fsp3) is 0.429. The molecule has 140 valence electrons. The molecular weight excluding hydrogens is 346 g/mol. The third kappa shape index (κ3) is 4.32. The first-order valence-corrected chi connectivity index (χ1v) is 9.53. The third-order valence-corrected chi connectivity index (χ3v) is 5.19. The van der Waals surface area contributed by atoms with E-state index in [-0.39, 0.29) is 6.04 Å². The van der Waals surface area contributed by atoms with E-state index in [0.29, 0.717) is 0 Å². The first-order valence-electron chi connectivity index (χ1n) is 9.15. The second kappa shape index (κ2) is 8.76. The summed E-state index contributed by atoms with van der Waals surface area (Å²) in [6, 6.07) is 14.8. The second-order valence-electron chi connectivity index (χ2n) is 6.91. The summed E-state index contributed by atoms with van der Waals surface area (Å²) >= 11 is 6.35. The molecule has 1 aliphatic heterocycles. The van der Waals surface area contributed by atoms with Gasteiger partial charge in [0, 0.05) is 50.0 Å². The van der Waals surface area contributed by atoms with Crippen LogP contribution in [-0.2, 0) is 0 Å². The monoisotopic (exact) mass is 373 g/mol. The lowest BCUT2D eigenvalue weighted by atomic mass is 9.95. The highest BCUT2D eigenvalue weighted by atomic mass is 35.5. The topological polar surface area (TPSA) is 27.7 Å². The van der Waals surface area contributed by atoms with Gasteiger partial charge in [0.25, 0.3) is 0 Å². The molecule has 0 aromatic heterocycles. The van der Waals surface area contributed by atoms with Gasteiger partial charge in [-0.25, -0.2) is 0 Å². The molecule has 2 aromatic carbocycles. The first kappa shape index (κ1) is 19.0. The van der Waals surface area contributed by atoms with Crippen LogP contribution in [0.5, 0.6) is 5.75 Å². The summed E-state index contributed by atoms with van der Waals surface area (Å²) < 4.78 is 5.68. The summed E-state index contributed by atoms with van der Waals surface area (Å²) in [7, 11) is 5.85. The van der Waals surface area contributed by atoms with E-state index in [1.54, 1.807) is 7.11 Å². The number of methoxy groups -OCH3 is 1. The molecule has 4 nitrogen and oxygen atoms in total. The van der Waals surface area contributed by atoms with Crippen LogP contribution in [0.15, 0.2) is 42.5 Å². The summed E-state index contributed by atoms with van der Waals surface area (Å²) in [5, 5.41) is 4.23. The predicted molar refractivity (Wildman–Crippen MR) is 110 cm³/mol. The van der Waals surface area contributed by atoms with Gasteiger partial charge < -0.3 is 15.0 Å². The highest BCUT2D eigenvalue weighted by molar-refractivity contribution is 6.30. The van der Waals surface area contributed by atoms with Crippen LogP contribution >= 0.6 is 11.6 Å². The zero-order chi connectivity index (χ0) is 18.5. The second-order valence-corrected chi connectivity index (χ2v) is 7.35. The van der Waals surface area contributed by atoms with Crippen LogP contribution in [0.1, 0.15) is 23.6 Å². The van der Waals surface area contributed by atoms with E-state index in [9.17, 15) is 0 Å². The Labute approximate surface area is 161 Å². The number of hydrogen-bond acceptors (Lipinski definition) is 4. The molecule has 0 spiro atoms. The maximum absolute atomic E-state index is 6.35. The molecule has 2 aromatic rings. The lowest BCUT2D eigenvalue weighted by Crippen LogP contribution is -2.33. The normalized spacial score (nSPS) is 16.8. The molecule has 1 heterocycles. The molecule has 1 aliphatic rings. The van der Waals surface area contributed by atoms with Crippen LogP contribution in [0.4, 0.5) is 5.69 Å². The highest BCUT2D eigenvalue weighted by Crippen LogP contribution is 2.37. The van der Waals surface area contributed by atoms with Crippen LogP contribution in [0.25, 0.3) is 0 Å². The Morgan fingerprint density at radius 2 is 1.85 bits per heavy atom. The van der Waals surface area contributed by atoms with Crippen molar-refractivity contribution in [3.8, 4) is 5.75 Å². The van der Waals surface area contributed by atoms with Crippen molar-refractivity contribution in [2.24, 2.45) is 0 Å². The molecular formula is C21H28ClN3O. The smallest absolute Gasteiger partial charge is 0.124 e. The Bertz CT molecular complexity index is 710. The molecule has 1 N–H and O–H groups in total. The summed E-state index contributed by atoms with van der Waals surface area (Å²) in [6.45, 7) is 4.10. The Hall–Kier alpha value is -1.75. The first-order chi connectivity index (χ1) is 12.6. The van der Waals surface area contributed by atoms with Gasteiger partial charge >= 0.3 is 0 Å². The molecule has 1 saturated heterocycles. The molecule has 0 aliphatic carbocycles. The Morgan fingerprint density at radius 1 is 1.08 bits per heavy atom. The summed E-state index contributed by atoms with van der Waals surface area (Å²) in [5.41, 5.74) is 3.58. The number of hydrogen-bond donors (Lipinski definition) is 1. The fourth-order valence-electron chi connectivity index (χ4n) is 3.59. The van der Waals surface area contributed by atoms with Crippen LogP contribution < -0.4 is 15.0 Å². The number of nitrogens with zero attached hydrogens (tertiary/aromatic N) is 2. The summed E-state index contributed by atoms with van der Waals surface area (Å²) in [6.07, 6.45) is 1.13. The molecule has 26 heavy (non-hydrogen) atoms. The maximum Gasteiger partial charge on any atom is 0.124 e. The molecule has 3 rings (SSSR count). The van der Waals surface area contributed by atoms with Crippen LogP contribution in [-0.4, -0.2) is 52.3 Å². The highest BCUT2D eigenvalue weighted by Gasteiger charge is 2.26. The van der Waals surface area contributed by atoms with Gasteiger partial charge in [0.2, 0.25) is 0 Å². The van der Waals surface area contributed by atoms with Crippen molar-refractivity contribution >= 4 is 17.3 Å². The molecule has 0 amide bonds. The van der Waals surface area contributed by atoms with Crippen molar-refractivity contribution in [2.75, 3.05) is 52.3 Å². The lowest BCUT2D eigenvalue weighted by molar-refractivity contribution is 0.236. The average molecular weight is 374 g/mol. The van der Waals surface area contributed by atoms with Gasteiger partial charge in [0.1, 0.15) is 5.75 Å². The molecule has 0 bridgehead atoms. The van der Waals surface area contributed by atoms with Crippen LogP contribution in [0, 0.1) is 0 Å². The van der Waals surface area contributed by atoms with Crippen molar-refractivity contribution < 1.29 is 4.74 Å². The zero-order valence-corrected chi connectivity index (χ0v) is 16.6. The standard InChI is InChI=1S/C21H28ClN3O/c1-24(2)18-8-5-16(6-9-18)21(25-13-4-11-23-12-14-25)19-15-17(22)7-10-20(19)26-3/h5-10,15,21,23H,4,11-14H2,1-3H3. The number of anilines is 1. The lowest BCUT2D eigenvalue weighted by Gasteiger charge is -2.32. The molecule has 1 atom stereocenters. The van der Waals surface area contributed by atoms with E-state index >= 15 is 0 Å². The van der Waals surface area contributed by atoms with Gasteiger partial charge in [-0.15, -0.1) is 0 Å². The molecule has 1 fully saturated rings. The molecule has 5 heteroatoms. The van der Waals surface area contributed by atoms with E-state index in [0.717, 1.165) is 48.9 Å². The van der Waals surface area contributed by atoms with E-state index in [2.05, 4.69) is 53.5 Å². The van der Waals surface area contributed by atoms with Crippen molar-refractivity contribution in [3.63, 3.8) is 0 Å². The summed E-state index contributed by atoms with van der Waals surface area (Å²) in [4.78, 5) is 4.65. The Balaban J connectivity index is 2.05. The predicted octanol–water partition coefficient (Wildman–Crippen LogP) is 3.80. The summed E-state index contributed by atoms with van der Waals surface area (Å²) in [5.74, 6) is 0.883. The number of nitrogens with one attached hydrogen (secondary N) is 1. The van der Waals surface area contributed by atoms with Gasteiger partial charge in [-0.1, -0.05) is 23.7 Å².